The van der Waals surface area contributed by atoms with E-state index in [2.05, 4.69) is 15.2 Å². The number of rotatable bonds is 3. The maximum absolute atomic E-state index is 13.4. The van der Waals surface area contributed by atoms with Crippen molar-refractivity contribution in [2.45, 2.75) is 25.8 Å². The minimum Gasteiger partial charge on any atom is -0.441 e. The van der Waals surface area contributed by atoms with E-state index in [0.29, 0.717) is 17.2 Å². The molecule has 0 unspecified atom stereocenters. The molecular weight excluding hydrogens is 359 g/mol. The van der Waals surface area contributed by atoms with E-state index in [9.17, 15) is 9.18 Å². The zero-order chi connectivity index (χ0) is 19.7. The summed E-state index contributed by atoms with van der Waals surface area (Å²) in [6, 6.07) is 12.1. The second-order valence-corrected chi connectivity index (χ2v) is 7.15. The molecule has 1 saturated heterocycles. The molecule has 1 aliphatic rings. The average molecular weight is 382 g/mol. The minimum absolute atomic E-state index is 0.142. The van der Waals surface area contributed by atoms with Gasteiger partial charge in [-0.2, -0.15) is 0 Å². The number of benzene rings is 2. The Hall–Kier alpha value is -3.09. The standard InChI is InChI=1S/C21H23FN4O2/c1-14-23-19-13-16(6-7-20(19)28-14)24-21(27)25(2)17-8-10-26(11-9-17)18-5-3-4-15(22)12-18/h3-7,12-13,17H,8-11H2,1-2H3,(H,24,27). The number of urea groups is 1. The predicted molar refractivity (Wildman–Crippen MR) is 107 cm³/mol. The summed E-state index contributed by atoms with van der Waals surface area (Å²) >= 11 is 0. The van der Waals surface area contributed by atoms with E-state index in [1.54, 1.807) is 24.0 Å². The van der Waals surface area contributed by atoms with Gasteiger partial charge in [0.2, 0.25) is 0 Å². The fourth-order valence-electron chi connectivity index (χ4n) is 3.68. The van der Waals surface area contributed by atoms with Gasteiger partial charge in [-0.05, 0) is 49.2 Å². The van der Waals surface area contributed by atoms with Gasteiger partial charge in [-0.3, -0.25) is 0 Å². The Morgan fingerprint density at radius 3 is 2.79 bits per heavy atom. The smallest absolute Gasteiger partial charge is 0.321 e. The molecule has 1 aliphatic heterocycles. The normalized spacial score (nSPS) is 15.0. The van der Waals surface area contributed by atoms with Crippen LogP contribution in [0.25, 0.3) is 11.1 Å². The number of piperidine rings is 1. The molecule has 0 radical (unpaired) electrons. The van der Waals surface area contributed by atoms with Gasteiger partial charge in [-0.25, -0.2) is 14.2 Å². The maximum atomic E-state index is 13.4. The van der Waals surface area contributed by atoms with Crippen LogP contribution < -0.4 is 10.2 Å². The maximum Gasteiger partial charge on any atom is 0.321 e. The van der Waals surface area contributed by atoms with Crippen molar-refractivity contribution in [3.63, 3.8) is 0 Å². The molecule has 0 saturated carbocycles. The Morgan fingerprint density at radius 2 is 2.04 bits per heavy atom. The first kappa shape index (κ1) is 18.3. The van der Waals surface area contributed by atoms with Crippen LogP contribution in [0.1, 0.15) is 18.7 Å². The summed E-state index contributed by atoms with van der Waals surface area (Å²) in [5.74, 6) is 0.371. The SMILES string of the molecule is Cc1nc2cc(NC(=O)N(C)C3CCN(c4cccc(F)c4)CC3)ccc2o1. The van der Waals surface area contributed by atoms with Crippen LogP contribution in [0.5, 0.6) is 0 Å². The highest BCUT2D eigenvalue weighted by molar-refractivity contribution is 5.91. The average Bonchev–Trinajstić information content (AvgIpc) is 3.07. The van der Waals surface area contributed by atoms with Crippen molar-refractivity contribution in [2.75, 3.05) is 30.4 Å². The van der Waals surface area contributed by atoms with Crippen molar-refractivity contribution >= 4 is 28.5 Å². The van der Waals surface area contributed by atoms with E-state index in [0.717, 1.165) is 37.1 Å². The zero-order valence-corrected chi connectivity index (χ0v) is 16.0. The van der Waals surface area contributed by atoms with Crippen LogP contribution in [-0.4, -0.2) is 42.1 Å². The first-order valence-electron chi connectivity index (χ1n) is 9.41. The Bertz CT molecular complexity index is 995. The van der Waals surface area contributed by atoms with Gasteiger partial charge in [-0.15, -0.1) is 0 Å². The number of aryl methyl sites for hydroxylation is 1. The van der Waals surface area contributed by atoms with E-state index in [1.165, 1.54) is 6.07 Å². The van der Waals surface area contributed by atoms with E-state index in [1.807, 2.05) is 31.3 Å². The molecule has 2 amide bonds. The summed E-state index contributed by atoms with van der Waals surface area (Å²) in [5.41, 5.74) is 3.01. The van der Waals surface area contributed by atoms with Crippen molar-refractivity contribution in [2.24, 2.45) is 0 Å². The van der Waals surface area contributed by atoms with Gasteiger partial charge < -0.3 is 19.5 Å². The predicted octanol–water partition coefficient (Wildman–Crippen LogP) is 4.41. The van der Waals surface area contributed by atoms with Crippen LogP contribution >= 0.6 is 0 Å². The van der Waals surface area contributed by atoms with Gasteiger partial charge in [0, 0.05) is 44.5 Å². The molecule has 4 rings (SSSR count). The number of carbonyl (C=O) groups excluding carboxylic acids is 1. The van der Waals surface area contributed by atoms with Crippen molar-refractivity contribution < 1.29 is 13.6 Å². The Morgan fingerprint density at radius 1 is 1.25 bits per heavy atom. The number of hydrogen-bond acceptors (Lipinski definition) is 4. The lowest BCUT2D eigenvalue weighted by Crippen LogP contribution is -2.47. The lowest BCUT2D eigenvalue weighted by Gasteiger charge is -2.37. The summed E-state index contributed by atoms with van der Waals surface area (Å²) in [6.45, 7) is 3.37. The molecule has 1 aromatic heterocycles. The largest absolute Gasteiger partial charge is 0.441 e. The summed E-state index contributed by atoms with van der Waals surface area (Å²) in [6.07, 6.45) is 1.67. The van der Waals surface area contributed by atoms with Gasteiger partial charge in [0.05, 0.1) is 0 Å². The summed E-state index contributed by atoms with van der Waals surface area (Å²) in [7, 11) is 1.82. The number of oxazole rings is 1. The lowest BCUT2D eigenvalue weighted by atomic mass is 10.0. The fourth-order valence-corrected chi connectivity index (χ4v) is 3.68. The topological polar surface area (TPSA) is 61.6 Å². The Labute approximate surface area is 162 Å². The van der Waals surface area contributed by atoms with E-state index in [-0.39, 0.29) is 17.9 Å². The zero-order valence-electron chi connectivity index (χ0n) is 16.0. The Kier molecular flexibility index (Phi) is 4.90. The number of fused-ring (bicyclic) bond motifs is 1. The van der Waals surface area contributed by atoms with E-state index in [4.69, 9.17) is 4.42 Å². The molecule has 0 spiro atoms. The number of aromatic nitrogens is 1. The summed E-state index contributed by atoms with van der Waals surface area (Å²) in [5, 5.41) is 2.93. The van der Waals surface area contributed by atoms with Crippen LogP contribution in [0.3, 0.4) is 0 Å². The number of anilines is 2. The number of carbonyl (C=O) groups is 1. The molecule has 7 heteroatoms. The first-order chi connectivity index (χ1) is 13.5. The molecule has 0 aliphatic carbocycles. The lowest BCUT2D eigenvalue weighted by molar-refractivity contribution is 0.193. The Balaban J connectivity index is 1.36. The molecule has 146 valence electrons. The monoisotopic (exact) mass is 382 g/mol. The van der Waals surface area contributed by atoms with Gasteiger partial charge in [0.25, 0.3) is 0 Å². The van der Waals surface area contributed by atoms with Gasteiger partial charge in [0.1, 0.15) is 11.3 Å². The molecule has 1 N–H and O–H groups in total. The highest BCUT2D eigenvalue weighted by atomic mass is 19.1. The molecule has 1 fully saturated rings. The van der Waals surface area contributed by atoms with E-state index < -0.39 is 0 Å². The second kappa shape index (κ2) is 7.50. The summed E-state index contributed by atoms with van der Waals surface area (Å²) < 4.78 is 18.9. The molecule has 0 bridgehead atoms. The third-order valence-corrected chi connectivity index (χ3v) is 5.25. The van der Waals surface area contributed by atoms with Crippen LogP contribution in [-0.2, 0) is 0 Å². The molecule has 6 nitrogen and oxygen atoms in total. The molecule has 0 atom stereocenters. The molecule has 3 aromatic rings. The van der Waals surface area contributed by atoms with Gasteiger partial charge in [-0.1, -0.05) is 6.07 Å². The molecular formula is C21H23FN4O2. The second-order valence-electron chi connectivity index (χ2n) is 7.15. The number of hydrogen-bond donors (Lipinski definition) is 1. The molecule has 2 heterocycles. The van der Waals surface area contributed by atoms with Gasteiger partial charge >= 0.3 is 6.03 Å². The number of amides is 2. The van der Waals surface area contributed by atoms with Crippen LogP contribution in [0.15, 0.2) is 46.9 Å². The van der Waals surface area contributed by atoms with Crippen molar-refractivity contribution in [1.29, 1.82) is 0 Å². The van der Waals surface area contributed by atoms with Crippen molar-refractivity contribution in [1.82, 2.24) is 9.88 Å². The quantitative estimate of drug-likeness (QED) is 0.729. The minimum atomic E-state index is -0.226. The number of nitrogens with zero attached hydrogens (tertiary/aromatic N) is 3. The van der Waals surface area contributed by atoms with Crippen molar-refractivity contribution in [3.8, 4) is 0 Å². The number of halogens is 1. The third kappa shape index (κ3) is 3.78. The highest BCUT2D eigenvalue weighted by Crippen LogP contribution is 2.24. The first-order valence-corrected chi connectivity index (χ1v) is 9.41. The highest BCUT2D eigenvalue weighted by Gasteiger charge is 2.25. The van der Waals surface area contributed by atoms with Crippen LogP contribution in [0, 0.1) is 12.7 Å². The molecule has 2 aromatic carbocycles. The molecule has 28 heavy (non-hydrogen) atoms. The fraction of sp³-hybridized carbons (Fsp3) is 0.333. The van der Waals surface area contributed by atoms with E-state index >= 15 is 0 Å². The van der Waals surface area contributed by atoms with Gasteiger partial charge in [0.15, 0.2) is 11.5 Å². The van der Waals surface area contributed by atoms with Crippen LogP contribution in [0.4, 0.5) is 20.6 Å². The van der Waals surface area contributed by atoms with Crippen LogP contribution in [0.2, 0.25) is 0 Å². The third-order valence-electron chi connectivity index (χ3n) is 5.25. The number of nitrogens with one attached hydrogen (secondary N) is 1. The summed E-state index contributed by atoms with van der Waals surface area (Å²) in [4.78, 5) is 20.9. The van der Waals surface area contributed by atoms with Crippen molar-refractivity contribution in [3.05, 3.63) is 54.2 Å².